The van der Waals surface area contributed by atoms with Crippen LogP contribution in [0.4, 0.5) is 0 Å². The SMILES string of the molecule is CC1CNCC1CN(C)CC1CC1C. The molecule has 2 rings (SSSR count). The van der Waals surface area contributed by atoms with Crippen LogP contribution >= 0.6 is 0 Å². The van der Waals surface area contributed by atoms with Gasteiger partial charge in [0.25, 0.3) is 0 Å². The van der Waals surface area contributed by atoms with E-state index < -0.39 is 0 Å². The lowest BCUT2D eigenvalue weighted by Crippen LogP contribution is -2.30. The zero-order valence-corrected chi connectivity index (χ0v) is 9.79. The highest BCUT2D eigenvalue weighted by Gasteiger charge is 2.34. The third kappa shape index (κ3) is 2.48. The minimum Gasteiger partial charge on any atom is -0.316 e. The van der Waals surface area contributed by atoms with E-state index in [0.29, 0.717) is 0 Å². The minimum atomic E-state index is 0.870. The van der Waals surface area contributed by atoms with Crippen LogP contribution in [0.25, 0.3) is 0 Å². The average Bonchev–Trinajstić information content (AvgIpc) is 2.63. The van der Waals surface area contributed by atoms with Gasteiger partial charge in [0.15, 0.2) is 0 Å². The van der Waals surface area contributed by atoms with Crippen molar-refractivity contribution < 1.29 is 0 Å². The number of nitrogens with one attached hydrogen (secondary N) is 1. The van der Waals surface area contributed by atoms with E-state index >= 15 is 0 Å². The van der Waals surface area contributed by atoms with Crippen LogP contribution in [0.1, 0.15) is 20.3 Å². The Balaban J connectivity index is 1.68. The van der Waals surface area contributed by atoms with Crippen molar-refractivity contribution in [1.82, 2.24) is 10.2 Å². The van der Waals surface area contributed by atoms with E-state index in [1.807, 2.05) is 0 Å². The molecule has 4 atom stereocenters. The van der Waals surface area contributed by atoms with Crippen LogP contribution in [0.15, 0.2) is 0 Å². The molecule has 0 spiro atoms. The highest BCUT2D eigenvalue weighted by Crippen LogP contribution is 2.38. The summed E-state index contributed by atoms with van der Waals surface area (Å²) in [6.07, 6.45) is 1.46. The van der Waals surface area contributed by atoms with Crippen molar-refractivity contribution in [2.45, 2.75) is 20.3 Å². The summed E-state index contributed by atoms with van der Waals surface area (Å²) < 4.78 is 0. The van der Waals surface area contributed by atoms with Crippen molar-refractivity contribution in [3.63, 3.8) is 0 Å². The third-order valence-electron chi connectivity index (χ3n) is 4.05. The molecule has 1 saturated carbocycles. The zero-order chi connectivity index (χ0) is 10.1. The predicted molar refractivity (Wildman–Crippen MR) is 60.3 cm³/mol. The topological polar surface area (TPSA) is 15.3 Å². The number of hydrogen-bond donors (Lipinski definition) is 1. The van der Waals surface area contributed by atoms with Gasteiger partial charge in [-0.1, -0.05) is 13.8 Å². The molecule has 1 N–H and O–H groups in total. The van der Waals surface area contributed by atoms with Crippen molar-refractivity contribution in [3.8, 4) is 0 Å². The third-order valence-corrected chi connectivity index (χ3v) is 4.05. The largest absolute Gasteiger partial charge is 0.316 e. The lowest BCUT2D eigenvalue weighted by atomic mass is 9.98. The molecule has 4 unspecified atom stereocenters. The van der Waals surface area contributed by atoms with Crippen LogP contribution in [-0.4, -0.2) is 38.1 Å². The Morgan fingerprint density at radius 1 is 1.07 bits per heavy atom. The Kier molecular flexibility index (Phi) is 3.13. The molecule has 0 amide bonds. The number of rotatable bonds is 4. The van der Waals surface area contributed by atoms with Gasteiger partial charge in [-0.15, -0.1) is 0 Å². The van der Waals surface area contributed by atoms with Crippen LogP contribution in [-0.2, 0) is 0 Å². The molecule has 14 heavy (non-hydrogen) atoms. The maximum atomic E-state index is 3.48. The van der Waals surface area contributed by atoms with Crippen molar-refractivity contribution >= 4 is 0 Å². The molecule has 1 aliphatic heterocycles. The normalized spacial score (nSPS) is 42.0. The Hall–Kier alpha value is -0.0800. The quantitative estimate of drug-likeness (QED) is 0.732. The summed E-state index contributed by atoms with van der Waals surface area (Å²) in [6.45, 7) is 9.81. The fraction of sp³-hybridized carbons (Fsp3) is 1.00. The Bertz CT molecular complexity index is 193. The smallest absolute Gasteiger partial charge is 0.00219 e. The summed E-state index contributed by atoms with van der Waals surface area (Å²) in [5, 5.41) is 3.48. The summed E-state index contributed by atoms with van der Waals surface area (Å²) in [7, 11) is 2.29. The van der Waals surface area contributed by atoms with Gasteiger partial charge in [-0.3, -0.25) is 0 Å². The minimum absolute atomic E-state index is 0.870. The summed E-state index contributed by atoms with van der Waals surface area (Å²) in [5.74, 6) is 3.75. The first kappa shape index (κ1) is 10.4. The van der Waals surface area contributed by atoms with Crippen LogP contribution in [0, 0.1) is 23.7 Å². The molecule has 0 aromatic rings. The first-order valence-corrected chi connectivity index (χ1v) is 6.06. The van der Waals surface area contributed by atoms with Gasteiger partial charge in [0.1, 0.15) is 0 Å². The predicted octanol–water partition coefficient (Wildman–Crippen LogP) is 1.43. The fourth-order valence-corrected chi connectivity index (χ4v) is 2.64. The van der Waals surface area contributed by atoms with Gasteiger partial charge in [0.05, 0.1) is 0 Å². The number of hydrogen-bond acceptors (Lipinski definition) is 2. The van der Waals surface area contributed by atoms with Gasteiger partial charge in [0.2, 0.25) is 0 Å². The maximum Gasteiger partial charge on any atom is 0.00219 e. The van der Waals surface area contributed by atoms with E-state index in [2.05, 4.69) is 31.1 Å². The van der Waals surface area contributed by atoms with Gasteiger partial charge in [-0.25, -0.2) is 0 Å². The molecular weight excluding hydrogens is 172 g/mol. The Morgan fingerprint density at radius 2 is 1.71 bits per heavy atom. The molecule has 2 heteroatoms. The van der Waals surface area contributed by atoms with Crippen molar-refractivity contribution in [2.24, 2.45) is 23.7 Å². The maximum absolute atomic E-state index is 3.48. The van der Waals surface area contributed by atoms with Crippen LogP contribution in [0.5, 0.6) is 0 Å². The summed E-state index contributed by atoms with van der Waals surface area (Å²) in [4.78, 5) is 2.54. The Morgan fingerprint density at radius 3 is 2.21 bits per heavy atom. The molecule has 2 aliphatic rings. The van der Waals surface area contributed by atoms with Crippen molar-refractivity contribution in [2.75, 3.05) is 33.2 Å². The summed E-state index contributed by atoms with van der Waals surface area (Å²) >= 11 is 0. The van der Waals surface area contributed by atoms with Gasteiger partial charge in [0, 0.05) is 13.1 Å². The highest BCUT2D eigenvalue weighted by atomic mass is 15.1. The van der Waals surface area contributed by atoms with Crippen LogP contribution in [0.3, 0.4) is 0 Å². The molecule has 0 aromatic heterocycles. The summed E-state index contributed by atoms with van der Waals surface area (Å²) in [5.41, 5.74) is 0. The van der Waals surface area contributed by atoms with Crippen LogP contribution in [0.2, 0.25) is 0 Å². The molecule has 0 radical (unpaired) electrons. The first-order chi connectivity index (χ1) is 6.66. The van der Waals surface area contributed by atoms with Crippen LogP contribution < -0.4 is 5.32 Å². The van der Waals surface area contributed by atoms with E-state index in [-0.39, 0.29) is 0 Å². The van der Waals surface area contributed by atoms with Gasteiger partial charge in [-0.2, -0.15) is 0 Å². The Labute approximate surface area is 88.1 Å². The zero-order valence-electron chi connectivity index (χ0n) is 9.79. The lowest BCUT2D eigenvalue weighted by Gasteiger charge is -2.23. The first-order valence-electron chi connectivity index (χ1n) is 6.06. The standard InChI is InChI=1S/C12H24N2/c1-9-4-11(9)7-14(3)8-12-6-13-5-10(12)2/h9-13H,4-8H2,1-3H3. The van der Waals surface area contributed by atoms with E-state index in [9.17, 15) is 0 Å². The van der Waals surface area contributed by atoms with E-state index in [1.165, 1.54) is 32.6 Å². The van der Waals surface area contributed by atoms with E-state index in [0.717, 1.165) is 23.7 Å². The highest BCUT2D eigenvalue weighted by molar-refractivity contribution is 4.86. The van der Waals surface area contributed by atoms with Gasteiger partial charge < -0.3 is 10.2 Å². The molecule has 82 valence electrons. The van der Waals surface area contributed by atoms with E-state index in [4.69, 9.17) is 0 Å². The second-order valence-corrected chi connectivity index (χ2v) is 5.59. The fourth-order valence-electron chi connectivity index (χ4n) is 2.64. The molecule has 0 bridgehead atoms. The molecule has 1 saturated heterocycles. The molecule has 1 aliphatic carbocycles. The molecule has 0 aromatic carbocycles. The monoisotopic (exact) mass is 196 g/mol. The van der Waals surface area contributed by atoms with Gasteiger partial charge >= 0.3 is 0 Å². The molecule has 2 fully saturated rings. The average molecular weight is 196 g/mol. The number of nitrogens with zero attached hydrogens (tertiary/aromatic N) is 1. The second-order valence-electron chi connectivity index (χ2n) is 5.59. The summed E-state index contributed by atoms with van der Waals surface area (Å²) in [6, 6.07) is 0. The second kappa shape index (κ2) is 4.19. The lowest BCUT2D eigenvalue weighted by molar-refractivity contribution is 0.248. The van der Waals surface area contributed by atoms with Crippen molar-refractivity contribution in [3.05, 3.63) is 0 Å². The van der Waals surface area contributed by atoms with E-state index in [1.54, 1.807) is 0 Å². The molecule has 1 heterocycles. The van der Waals surface area contributed by atoms with Crippen molar-refractivity contribution in [1.29, 1.82) is 0 Å². The van der Waals surface area contributed by atoms with Gasteiger partial charge in [-0.05, 0) is 50.2 Å². The molecular formula is C12H24N2. The molecule has 2 nitrogen and oxygen atoms in total.